The zero-order valence-corrected chi connectivity index (χ0v) is 14.6. The molecule has 1 atom stereocenters. The van der Waals surface area contributed by atoms with Crippen LogP contribution in [0.4, 0.5) is 0 Å². The number of rotatable bonds is 4. The lowest BCUT2D eigenvalue weighted by Gasteiger charge is -2.33. The quantitative estimate of drug-likeness (QED) is 0.761. The molecule has 1 aromatic carbocycles. The van der Waals surface area contributed by atoms with Gasteiger partial charge in [0.25, 0.3) is 5.91 Å². The van der Waals surface area contributed by atoms with Gasteiger partial charge in [-0.25, -0.2) is 9.48 Å². The highest BCUT2D eigenvalue weighted by molar-refractivity contribution is 7.09. The molecule has 1 aliphatic rings. The molecule has 0 saturated heterocycles. The van der Waals surface area contributed by atoms with Crippen molar-refractivity contribution in [3.05, 3.63) is 69.7 Å². The van der Waals surface area contributed by atoms with E-state index in [-0.39, 0.29) is 12.2 Å². The maximum atomic E-state index is 12.9. The van der Waals surface area contributed by atoms with Crippen LogP contribution in [0.3, 0.4) is 0 Å². The molecule has 4 rings (SSSR count). The van der Waals surface area contributed by atoms with Crippen LogP contribution in [0.25, 0.3) is 0 Å². The Hall–Kier alpha value is -3.00. The van der Waals surface area contributed by atoms with E-state index in [0.29, 0.717) is 13.0 Å². The van der Waals surface area contributed by atoms with Crippen LogP contribution in [-0.4, -0.2) is 42.9 Å². The van der Waals surface area contributed by atoms with Crippen LogP contribution < -0.4 is 0 Å². The lowest BCUT2D eigenvalue weighted by molar-refractivity contribution is -0.142. The first-order valence-corrected chi connectivity index (χ1v) is 9.03. The van der Waals surface area contributed by atoms with Gasteiger partial charge in [0.2, 0.25) is 0 Å². The van der Waals surface area contributed by atoms with Crippen LogP contribution in [0, 0.1) is 0 Å². The molecule has 26 heavy (non-hydrogen) atoms. The number of amides is 1. The summed E-state index contributed by atoms with van der Waals surface area (Å²) in [5.41, 5.74) is 2.09. The number of hydrogen-bond donors (Lipinski definition) is 1. The van der Waals surface area contributed by atoms with E-state index in [2.05, 4.69) is 10.3 Å². The number of fused-ring (bicyclic) bond motifs is 1. The predicted octanol–water partition coefficient (Wildman–Crippen LogP) is 2.04. The first-order valence-electron chi connectivity index (χ1n) is 8.15. The van der Waals surface area contributed by atoms with Crippen molar-refractivity contribution in [2.24, 2.45) is 0 Å². The SMILES string of the molecule is O=C(O)[C@H]1Cc2ccccc2CN1C(=O)c1cn(Cc2cccs2)nn1. The Morgan fingerprint density at radius 1 is 1.19 bits per heavy atom. The Morgan fingerprint density at radius 3 is 2.73 bits per heavy atom. The normalized spacial score (nSPS) is 16.3. The summed E-state index contributed by atoms with van der Waals surface area (Å²) in [5, 5.41) is 19.5. The first kappa shape index (κ1) is 16.5. The largest absolute Gasteiger partial charge is 0.480 e. The molecule has 132 valence electrons. The Kier molecular flexibility index (Phi) is 4.26. The number of carboxylic acid groups (broad SMARTS) is 1. The maximum absolute atomic E-state index is 12.9. The second-order valence-electron chi connectivity index (χ2n) is 6.14. The average molecular weight is 368 g/mol. The molecule has 8 heteroatoms. The van der Waals surface area contributed by atoms with Crippen LogP contribution in [-0.2, 0) is 24.3 Å². The maximum Gasteiger partial charge on any atom is 0.326 e. The number of nitrogens with zero attached hydrogens (tertiary/aromatic N) is 4. The van der Waals surface area contributed by atoms with Gasteiger partial charge in [-0.05, 0) is 22.6 Å². The van der Waals surface area contributed by atoms with Crippen molar-refractivity contribution in [1.29, 1.82) is 0 Å². The molecular weight excluding hydrogens is 352 g/mol. The van der Waals surface area contributed by atoms with Crippen LogP contribution in [0.5, 0.6) is 0 Å². The highest BCUT2D eigenvalue weighted by Crippen LogP contribution is 2.25. The van der Waals surface area contributed by atoms with Crippen molar-refractivity contribution < 1.29 is 14.7 Å². The number of benzene rings is 1. The molecule has 1 aliphatic heterocycles. The molecule has 2 aromatic heterocycles. The van der Waals surface area contributed by atoms with E-state index in [4.69, 9.17) is 0 Å². The van der Waals surface area contributed by atoms with E-state index < -0.39 is 17.9 Å². The van der Waals surface area contributed by atoms with Gasteiger partial charge in [0.05, 0.1) is 12.7 Å². The molecule has 0 fully saturated rings. The van der Waals surface area contributed by atoms with Crippen LogP contribution in [0.1, 0.15) is 26.5 Å². The van der Waals surface area contributed by atoms with Gasteiger partial charge >= 0.3 is 5.97 Å². The molecule has 1 N–H and O–H groups in total. The van der Waals surface area contributed by atoms with E-state index in [1.807, 2.05) is 41.8 Å². The highest BCUT2D eigenvalue weighted by Gasteiger charge is 2.35. The number of carboxylic acids is 1. The van der Waals surface area contributed by atoms with Gasteiger partial charge in [-0.15, -0.1) is 16.4 Å². The summed E-state index contributed by atoms with van der Waals surface area (Å²) in [6.45, 7) is 0.785. The van der Waals surface area contributed by atoms with Crippen molar-refractivity contribution in [2.75, 3.05) is 0 Å². The van der Waals surface area contributed by atoms with E-state index in [9.17, 15) is 14.7 Å². The lowest BCUT2D eigenvalue weighted by Crippen LogP contribution is -2.48. The minimum atomic E-state index is -1.01. The number of hydrogen-bond acceptors (Lipinski definition) is 5. The zero-order chi connectivity index (χ0) is 18.1. The minimum absolute atomic E-state index is 0.159. The van der Waals surface area contributed by atoms with Crippen molar-refractivity contribution in [3.8, 4) is 0 Å². The van der Waals surface area contributed by atoms with Gasteiger partial charge in [-0.1, -0.05) is 35.5 Å². The summed E-state index contributed by atoms with van der Waals surface area (Å²) >= 11 is 1.60. The molecule has 3 heterocycles. The standard InChI is InChI=1S/C18H16N4O3S/c23-17(15-11-21(20-19-15)10-14-6-3-7-26-14)22-9-13-5-2-1-4-12(13)8-16(22)18(24)25/h1-7,11,16H,8-10H2,(H,24,25)/t16-/m1/s1. The summed E-state index contributed by atoms with van der Waals surface area (Å²) in [4.78, 5) is 27.0. The number of carbonyl (C=O) groups excluding carboxylic acids is 1. The molecule has 0 radical (unpaired) electrons. The predicted molar refractivity (Wildman–Crippen MR) is 94.9 cm³/mol. The molecule has 3 aromatic rings. The molecular formula is C18H16N4O3S. The zero-order valence-electron chi connectivity index (χ0n) is 13.8. The monoisotopic (exact) mass is 368 g/mol. The first-order chi connectivity index (χ1) is 12.6. The van der Waals surface area contributed by atoms with Crippen molar-refractivity contribution in [1.82, 2.24) is 19.9 Å². The van der Waals surface area contributed by atoms with Gasteiger partial charge in [0.15, 0.2) is 5.69 Å². The number of carbonyl (C=O) groups is 2. The summed E-state index contributed by atoms with van der Waals surface area (Å²) in [7, 11) is 0. The van der Waals surface area contributed by atoms with Gasteiger partial charge in [-0.3, -0.25) is 4.79 Å². The molecule has 0 unspecified atom stereocenters. The smallest absolute Gasteiger partial charge is 0.326 e. The van der Waals surface area contributed by atoms with Crippen LogP contribution in [0.2, 0.25) is 0 Å². The van der Waals surface area contributed by atoms with Crippen molar-refractivity contribution in [2.45, 2.75) is 25.6 Å². The topological polar surface area (TPSA) is 88.3 Å². The summed E-state index contributed by atoms with van der Waals surface area (Å²) in [5.74, 6) is -1.43. The van der Waals surface area contributed by atoms with E-state index >= 15 is 0 Å². The van der Waals surface area contributed by atoms with Gasteiger partial charge < -0.3 is 10.0 Å². The van der Waals surface area contributed by atoms with Gasteiger partial charge in [-0.2, -0.15) is 0 Å². The second-order valence-corrected chi connectivity index (χ2v) is 7.17. The molecule has 1 amide bonds. The van der Waals surface area contributed by atoms with E-state index in [1.165, 1.54) is 4.90 Å². The van der Waals surface area contributed by atoms with Crippen LogP contribution >= 0.6 is 11.3 Å². The molecule has 0 bridgehead atoms. The number of thiophene rings is 1. The Labute approximate surface area is 153 Å². The summed E-state index contributed by atoms with van der Waals surface area (Å²) < 4.78 is 1.59. The fraction of sp³-hybridized carbons (Fsp3) is 0.222. The van der Waals surface area contributed by atoms with Crippen molar-refractivity contribution >= 4 is 23.2 Å². The lowest BCUT2D eigenvalue weighted by atomic mass is 9.94. The Bertz CT molecular complexity index is 951. The number of aromatic nitrogens is 3. The average Bonchev–Trinajstić information content (AvgIpc) is 3.32. The Morgan fingerprint density at radius 2 is 2.00 bits per heavy atom. The van der Waals surface area contributed by atoms with E-state index in [1.54, 1.807) is 22.2 Å². The molecule has 0 saturated carbocycles. The molecule has 0 spiro atoms. The summed E-state index contributed by atoms with van der Waals surface area (Å²) in [6, 6.07) is 10.6. The molecule has 0 aliphatic carbocycles. The fourth-order valence-electron chi connectivity index (χ4n) is 3.14. The third-order valence-corrected chi connectivity index (χ3v) is 5.31. The van der Waals surface area contributed by atoms with Gasteiger partial charge in [0, 0.05) is 17.8 Å². The Balaban J connectivity index is 1.58. The second kappa shape index (κ2) is 6.72. The molecule has 7 nitrogen and oxygen atoms in total. The van der Waals surface area contributed by atoms with Gasteiger partial charge in [0.1, 0.15) is 6.04 Å². The van der Waals surface area contributed by atoms with Crippen LogP contribution in [0.15, 0.2) is 48.0 Å². The minimum Gasteiger partial charge on any atom is -0.480 e. The summed E-state index contributed by atoms with van der Waals surface area (Å²) in [6.07, 6.45) is 1.86. The third-order valence-electron chi connectivity index (χ3n) is 4.45. The fourth-order valence-corrected chi connectivity index (χ4v) is 3.84. The number of aliphatic carboxylic acids is 1. The van der Waals surface area contributed by atoms with E-state index in [0.717, 1.165) is 16.0 Å². The van der Waals surface area contributed by atoms with Crippen molar-refractivity contribution in [3.63, 3.8) is 0 Å². The third kappa shape index (κ3) is 3.11. The highest BCUT2D eigenvalue weighted by atomic mass is 32.1.